The predicted octanol–water partition coefficient (Wildman–Crippen LogP) is 3.87. The lowest BCUT2D eigenvalue weighted by molar-refractivity contribution is 0.0991. The average molecular weight is 242 g/mol. The van der Waals surface area contributed by atoms with E-state index in [0.717, 1.165) is 11.1 Å². The van der Waals surface area contributed by atoms with Crippen molar-refractivity contribution in [3.8, 4) is 0 Å². The normalized spacial score (nSPS) is 10.4. The van der Waals surface area contributed by atoms with E-state index in [-0.39, 0.29) is 18.0 Å². The molecule has 2 rings (SSSR count). The Hall–Kier alpha value is -1.96. The zero-order chi connectivity index (χ0) is 13.1. The second-order valence-corrected chi connectivity index (χ2v) is 4.51. The van der Waals surface area contributed by atoms with Crippen LogP contribution in [-0.4, -0.2) is 5.78 Å². The molecule has 0 aromatic heterocycles. The minimum atomic E-state index is -0.323. The second kappa shape index (κ2) is 5.13. The minimum Gasteiger partial charge on any atom is -0.294 e. The maximum atomic E-state index is 13.5. The predicted molar refractivity (Wildman–Crippen MR) is 70.4 cm³/mol. The molecule has 0 radical (unpaired) electrons. The van der Waals surface area contributed by atoms with Crippen LogP contribution in [-0.2, 0) is 6.42 Å². The van der Waals surface area contributed by atoms with Gasteiger partial charge in [0.2, 0.25) is 0 Å². The lowest BCUT2D eigenvalue weighted by atomic mass is 9.97. The fourth-order valence-corrected chi connectivity index (χ4v) is 1.95. The van der Waals surface area contributed by atoms with Crippen LogP contribution in [0.15, 0.2) is 42.5 Å². The third-order valence-corrected chi connectivity index (χ3v) is 3.00. The van der Waals surface area contributed by atoms with Crippen LogP contribution in [0, 0.1) is 19.7 Å². The number of benzene rings is 2. The minimum absolute atomic E-state index is 0.0405. The molecule has 0 spiro atoms. The van der Waals surface area contributed by atoms with Crippen molar-refractivity contribution in [1.29, 1.82) is 0 Å². The molecule has 0 saturated carbocycles. The van der Waals surface area contributed by atoms with Crippen molar-refractivity contribution in [2.24, 2.45) is 0 Å². The highest BCUT2D eigenvalue weighted by Crippen LogP contribution is 2.15. The van der Waals surface area contributed by atoms with Crippen LogP contribution in [0.4, 0.5) is 4.39 Å². The van der Waals surface area contributed by atoms with Gasteiger partial charge in [0.25, 0.3) is 0 Å². The van der Waals surface area contributed by atoms with Gasteiger partial charge in [-0.3, -0.25) is 4.79 Å². The van der Waals surface area contributed by atoms with E-state index < -0.39 is 0 Å². The van der Waals surface area contributed by atoms with Gasteiger partial charge in [-0.15, -0.1) is 0 Å². The van der Waals surface area contributed by atoms with Crippen molar-refractivity contribution in [1.82, 2.24) is 0 Å². The molecular weight excluding hydrogens is 227 g/mol. The van der Waals surface area contributed by atoms with E-state index in [2.05, 4.69) is 0 Å². The van der Waals surface area contributed by atoms with Crippen LogP contribution in [0.25, 0.3) is 0 Å². The van der Waals surface area contributed by atoms with Crippen molar-refractivity contribution in [2.45, 2.75) is 20.3 Å². The second-order valence-electron chi connectivity index (χ2n) is 4.51. The molecule has 0 fully saturated rings. The fraction of sp³-hybridized carbons (Fsp3) is 0.188. The molecule has 0 aliphatic heterocycles. The first-order valence-corrected chi connectivity index (χ1v) is 5.92. The van der Waals surface area contributed by atoms with E-state index in [1.54, 1.807) is 18.2 Å². The summed E-state index contributed by atoms with van der Waals surface area (Å²) in [5.74, 6) is -0.363. The van der Waals surface area contributed by atoms with Crippen LogP contribution in [0.1, 0.15) is 27.0 Å². The van der Waals surface area contributed by atoms with Crippen molar-refractivity contribution < 1.29 is 9.18 Å². The lowest BCUT2D eigenvalue weighted by Gasteiger charge is -2.07. The summed E-state index contributed by atoms with van der Waals surface area (Å²) >= 11 is 0. The first-order valence-electron chi connectivity index (χ1n) is 5.92. The van der Waals surface area contributed by atoms with Gasteiger partial charge in [-0.05, 0) is 37.1 Å². The molecule has 2 heteroatoms. The standard InChI is InChI=1S/C16H15FO/c1-11-7-8-12(2)14(9-11)16(18)10-13-5-3-4-6-15(13)17/h3-9H,10H2,1-2H3. The fourth-order valence-electron chi connectivity index (χ4n) is 1.95. The Morgan fingerprint density at radius 2 is 1.83 bits per heavy atom. The zero-order valence-electron chi connectivity index (χ0n) is 10.5. The van der Waals surface area contributed by atoms with E-state index in [9.17, 15) is 9.18 Å². The van der Waals surface area contributed by atoms with Crippen molar-refractivity contribution in [3.05, 3.63) is 70.5 Å². The number of Topliss-reactive ketones (excluding diaryl/α,β-unsaturated/α-hetero) is 1. The molecule has 2 aromatic carbocycles. The third kappa shape index (κ3) is 2.65. The van der Waals surface area contributed by atoms with Crippen LogP contribution in [0.5, 0.6) is 0 Å². The van der Waals surface area contributed by atoms with E-state index in [0.29, 0.717) is 11.1 Å². The summed E-state index contributed by atoms with van der Waals surface area (Å²) in [6.07, 6.45) is 0.108. The van der Waals surface area contributed by atoms with Gasteiger partial charge < -0.3 is 0 Å². The average Bonchev–Trinajstić information content (AvgIpc) is 2.35. The maximum Gasteiger partial charge on any atom is 0.167 e. The monoisotopic (exact) mass is 242 g/mol. The number of ketones is 1. The summed E-state index contributed by atoms with van der Waals surface area (Å²) in [6, 6.07) is 12.2. The highest BCUT2D eigenvalue weighted by Gasteiger charge is 2.12. The summed E-state index contributed by atoms with van der Waals surface area (Å²) in [7, 11) is 0. The Morgan fingerprint density at radius 3 is 2.56 bits per heavy atom. The smallest absolute Gasteiger partial charge is 0.167 e. The van der Waals surface area contributed by atoms with Crippen molar-refractivity contribution in [3.63, 3.8) is 0 Å². The Labute approximate surface area is 106 Å². The number of hydrogen-bond acceptors (Lipinski definition) is 1. The van der Waals surface area contributed by atoms with Gasteiger partial charge in [0.1, 0.15) is 5.82 Å². The number of rotatable bonds is 3. The zero-order valence-corrected chi connectivity index (χ0v) is 10.5. The molecular formula is C16H15FO. The van der Waals surface area contributed by atoms with Crippen LogP contribution in [0.3, 0.4) is 0 Å². The Balaban J connectivity index is 2.28. The molecule has 0 amide bonds. The van der Waals surface area contributed by atoms with Crippen LogP contribution < -0.4 is 0 Å². The quantitative estimate of drug-likeness (QED) is 0.747. The summed E-state index contributed by atoms with van der Waals surface area (Å²) in [6.45, 7) is 3.84. The van der Waals surface area contributed by atoms with Crippen LogP contribution >= 0.6 is 0 Å². The van der Waals surface area contributed by atoms with Crippen molar-refractivity contribution >= 4 is 5.78 Å². The van der Waals surface area contributed by atoms with Gasteiger partial charge in [-0.1, -0.05) is 35.9 Å². The molecule has 92 valence electrons. The summed E-state index contributed by atoms with van der Waals surface area (Å²) in [4.78, 5) is 12.2. The lowest BCUT2D eigenvalue weighted by Crippen LogP contribution is -2.07. The number of aryl methyl sites for hydroxylation is 2. The van der Waals surface area contributed by atoms with Gasteiger partial charge in [0.05, 0.1) is 0 Å². The van der Waals surface area contributed by atoms with E-state index >= 15 is 0 Å². The summed E-state index contributed by atoms with van der Waals surface area (Å²) in [5.41, 5.74) is 3.10. The SMILES string of the molecule is Cc1ccc(C)c(C(=O)Cc2ccccc2F)c1. The van der Waals surface area contributed by atoms with Gasteiger partial charge in [-0.2, -0.15) is 0 Å². The highest BCUT2D eigenvalue weighted by molar-refractivity contribution is 5.98. The number of halogens is 1. The van der Waals surface area contributed by atoms with Gasteiger partial charge in [-0.25, -0.2) is 4.39 Å². The third-order valence-electron chi connectivity index (χ3n) is 3.00. The summed E-state index contributed by atoms with van der Waals surface area (Å²) in [5, 5.41) is 0. The topological polar surface area (TPSA) is 17.1 Å². The number of carbonyl (C=O) groups is 1. The molecule has 0 aliphatic carbocycles. The molecule has 0 bridgehead atoms. The largest absolute Gasteiger partial charge is 0.294 e. The summed E-state index contributed by atoms with van der Waals surface area (Å²) < 4.78 is 13.5. The molecule has 0 saturated heterocycles. The van der Waals surface area contributed by atoms with Gasteiger partial charge in [0, 0.05) is 12.0 Å². The maximum absolute atomic E-state index is 13.5. The Morgan fingerprint density at radius 1 is 1.11 bits per heavy atom. The highest BCUT2D eigenvalue weighted by atomic mass is 19.1. The molecule has 0 aliphatic rings. The molecule has 2 aromatic rings. The van der Waals surface area contributed by atoms with E-state index in [1.807, 2.05) is 32.0 Å². The molecule has 0 N–H and O–H groups in total. The number of hydrogen-bond donors (Lipinski definition) is 0. The first kappa shape index (κ1) is 12.5. The van der Waals surface area contributed by atoms with E-state index in [1.165, 1.54) is 6.07 Å². The molecule has 0 heterocycles. The van der Waals surface area contributed by atoms with Gasteiger partial charge >= 0.3 is 0 Å². The number of carbonyl (C=O) groups excluding carboxylic acids is 1. The van der Waals surface area contributed by atoms with E-state index in [4.69, 9.17) is 0 Å². The Bertz CT molecular complexity index is 587. The van der Waals surface area contributed by atoms with Crippen LogP contribution in [0.2, 0.25) is 0 Å². The van der Waals surface area contributed by atoms with Crippen molar-refractivity contribution in [2.75, 3.05) is 0 Å². The molecule has 1 nitrogen and oxygen atoms in total. The Kier molecular flexibility index (Phi) is 3.56. The van der Waals surface area contributed by atoms with Gasteiger partial charge in [0.15, 0.2) is 5.78 Å². The molecule has 0 unspecified atom stereocenters. The first-order chi connectivity index (χ1) is 8.58. The molecule has 0 atom stereocenters. The molecule has 18 heavy (non-hydrogen) atoms.